The number of H-pyrrole nitrogens is 1. The number of nitriles is 2. The molecule has 0 fully saturated rings. The van der Waals surface area contributed by atoms with Gasteiger partial charge in [0.1, 0.15) is 29.1 Å². The maximum atomic E-state index is 14.0. The van der Waals surface area contributed by atoms with Crippen LogP contribution in [0.2, 0.25) is 0 Å². The summed E-state index contributed by atoms with van der Waals surface area (Å²) in [7, 11) is 0. The van der Waals surface area contributed by atoms with Gasteiger partial charge in [-0.1, -0.05) is 6.07 Å². The largest absolute Gasteiger partial charge is 0.491 e. The standard InChI is InChI=1S/C15H11FN4O2/c1-2-22-12-4-3-8(5-11(12)16)13-9(6-17)14(19)20-15(21)10(13)7-18/h3-5H,2H2,1H3,(H3,19,20,21). The summed E-state index contributed by atoms with van der Waals surface area (Å²) >= 11 is 0. The second kappa shape index (κ2) is 5.98. The third-order valence-electron chi connectivity index (χ3n) is 2.99. The summed E-state index contributed by atoms with van der Waals surface area (Å²) in [5, 5.41) is 18.3. The summed E-state index contributed by atoms with van der Waals surface area (Å²) in [5.74, 6) is -0.789. The predicted octanol–water partition coefficient (Wildman–Crippen LogP) is 1.91. The van der Waals surface area contributed by atoms with Crippen molar-refractivity contribution in [3.63, 3.8) is 0 Å². The summed E-state index contributed by atoms with van der Waals surface area (Å²) in [6, 6.07) is 7.47. The van der Waals surface area contributed by atoms with E-state index in [2.05, 4.69) is 4.98 Å². The van der Waals surface area contributed by atoms with Crippen LogP contribution in [0.3, 0.4) is 0 Å². The van der Waals surface area contributed by atoms with Crippen LogP contribution in [0.15, 0.2) is 23.0 Å². The molecule has 110 valence electrons. The number of rotatable bonds is 3. The molecule has 1 aromatic carbocycles. The first-order valence-corrected chi connectivity index (χ1v) is 6.32. The number of benzene rings is 1. The Kier molecular flexibility index (Phi) is 4.10. The number of nitrogens with zero attached hydrogens (tertiary/aromatic N) is 2. The Balaban J connectivity index is 2.78. The lowest BCUT2D eigenvalue weighted by Crippen LogP contribution is -2.16. The number of nitrogen functional groups attached to an aromatic ring is 1. The molecule has 0 aliphatic rings. The van der Waals surface area contributed by atoms with E-state index >= 15 is 0 Å². The van der Waals surface area contributed by atoms with Crippen LogP contribution < -0.4 is 16.0 Å². The van der Waals surface area contributed by atoms with Crippen molar-refractivity contribution in [1.29, 1.82) is 10.5 Å². The Morgan fingerprint density at radius 1 is 1.32 bits per heavy atom. The Bertz CT molecular complexity index is 875. The van der Waals surface area contributed by atoms with E-state index < -0.39 is 11.4 Å². The highest BCUT2D eigenvalue weighted by molar-refractivity contribution is 5.80. The molecule has 22 heavy (non-hydrogen) atoms. The monoisotopic (exact) mass is 298 g/mol. The van der Waals surface area contributed by atoms with Crippen molar-refractivity contribution in [2.75, 3.05) is 12.3 Å². The fourth-order valence-corrected chi connectivity index (χ4v) is 2.06. The number of anilines is 1. The molecule has 6 nitrogen and oxygen atoms in total. The number of nitrogens with two attached hydrogens (primary N) is 1. The molecule has 0 saturated heterocycles. The van der Waals surface area contributed by atoms with Crippen LogP contribution in [0.25, 0.3) is 11.1 Å². The number of halogens is 1. The number of aromatic nitrogens is 1. The number of nitrogens with one attached hydrogen (secondary N) is 1. The highest BCUT2D eigenvalue weighted by Crippen LogP contribution is 2.31. The van der Waals surface area contributed by atoms with Gasteiger partial charge in [-0.15, -0.1) is 0 Å². The van der Waals surface area contributed by atoms with E-state index in [1.807, 2.05) is 6.07 Å². The van der Waals surface area contributed by atoms with Crippen LogP contribution in [0.4, 0.5) is 10.2 Å². The molecule has 0 bridgehead atoms. The summed E-state index contributed by atoms with van der Waals surface area (Å²) in [5.41, 5.74) is 4.70. The van der Waals surface area contributed by atoms with Gasteiger partial charge >= 0.3 is 0 Å². The fraction of sp³-hybridized carbons (Fsp3) is 0.133. The molecule has 0 unspecified atom stereocenters. The summed E-state index contributed by atoms with van der Waals surface area (Å²) in [4.78, 5) is 14.0. The normalized spacial score (nSPS) is 9.82. The van der Waals surface area contributed by atoms with E-state index in [0.29, 0.717) is 6.61 Å². The minimum Gasteiger partial charge on any atom is -0.491 e. The maximum Gasteiger partial charge on any atom is 0.268 e. The predicted molar refractivity (Wildman–Crippen MR) is 77.5 cm³/mol. The van der Waals surface area contributed by atoms with Gasteiger partial charge in [0, 0.05) is 5.56 Å². The Labute approximate surface area is 125 Å². The van der Waals surface area contributed by atoms with Crippen molar-refractivity contribution in [3.8, 4) is 29.0 Å². The molecule has 0 spiro atoms. The average Bonchev–Trinajstić information content (AvgIpc) is 2.49. The van der Waals surface area contributed by atoms with Gasteiger partial charge < -0.3 is 15.5 Å². The van der Waals surface area contributed by atoms with Gasteiger partial charge in [0.15, 0.2) is 11.6 Å². The average molecular weight is 298 g/mol. The topological polar surface area (TPSA) is 116 Å². The van der Waals surface area contributed by atoms with E-state index in [0.717, 1.165) is 6.07 Å². The first kappa shape index (κ1) is 15.1. The lowest BCUT2D eigenvalue weighted by molar-refractivity contribution is 0.321. The van der Waals surface area contributed by atoms with Crippen LogP contribution in [-0.2, 0) is 0 Å². The Morgan fingerprint density at radius 3 is 2.55 bits per heavy atom. The van der Waals surface area contributed by atoms with Crippen molar-refractivity contribution in [2.45, 2.75) is 6.92 Å². The van der Waals surface area contributed by atoms with E-state index in [1.165, 1.54) is 12.1 Å². The van der Waals surface area contributed by atoms with Crippen LogP contribution in [0.5, 0.6) is 5.75 Å². The summed E-state index contributed by atoms with van der Waals surface area (Å²) < 4.78 is 19.1. The zero-order valence-corrected chi connectivity index (χ0v) is 11.6. The second-order valence-corrected chi connectivity index (χ2v) is 4.29. The highest BCUT2D eigenvalue weighted by Gasteiger charge is 2.19. The molecule has 2 rings (SSSR count). The quantitative estimate of drug-likeness (QED) is 0.897. The van der Waals surface area contributed by atoms with Crippen LogP contribution in [0, 0.1) is 28.5 Å². The molecule has 0 saturated carbocycles. The van der Waals surface area contributed by atoms with Gasteiger partial charge in [-0.05, 0) is 24.6 Å². The Hall–Kier alpha value is -3.32. The molecule has 0 aliphatic heterocycles. The van der Waals surface area contributed by atoms with Crippen molar-refractivity contribution >= 4 is 5.82 Å². The first-order valence-electron chi connectivity index (χ1n) is 6.32. The number of pyridine rings is 1. The fourth-order valence-electron chi connectivity index (χ4n) is 2.06. The molecule has 1 aromatic heterocycles. The van der Waals surface area contributed by atoms with Gasteiger partial charge in [0.2, 0.25) is 0 Å². The smallest absolute Gasteiger partial charge is 0.268 e. The minimum atomic E-state index is -0.733. The number of hydrogen-bond acceptors (Lipinski definition) is 5. The third-order valence-corrected chi connectivity index (χ3v) is 2.99. The molecule has 0 amide bonds. The summed E-state index contributed by atoms with van der Waals surface area (Å²) in [6.45, 7) is 2.01. The summed E-state index contributed by atoms with van der Waals surface area (Å²) in [6.07, 6.45) is 0. The van der Waals surface area contributed by atoms with Crippen molar-refractivity contribution in [1.82, 2.24) is 4.98 Å². The molecule has 0 radical (unpaired) electrons. The molecule has 3 N–H and O–H groups in total. The van der Waals surface area contributed by atoms with E-state index in [9.17, 15) is 14.4 Å². The number of aromatic amines is 1. The SMILES string of the molecule is CCOc1ccc(-c2c(C#N)c(N)[nH]c(=O)c2C#N)cc1F. The molecular formula is C15H11FN4O2. The van der Waals surface area contributed by atoms with E-state index in [1.54, 1.807) is 13.0 Å². The second-order valence-electron chi connectivity index (χ2n) is 4.29. The lowest BCUT2D eigenvalue weighted by atomic mass is 9.96. The molecular weight excluding hydrogens is 287 g/mol. The van der Waals surface area contributed by atoms with Crippen molar-refractivity contribution in [2.24, 2.45) is 0 Å². The molecule has 7 heteroatoms. The van der Waals surface area contributed by atoms with E-state index in [4.69, 9.17) is 15.7 Å². The van der Waals surface area contributed by atoms with Gasteiger partial charge in [-0.25, -0.2) is 4.39 Å². The molecule has 2 aromatic rings. The van der Waals surface area contributed by atoms with Crippen LogP contribution in [0.1, 0.15) is 18.1 Å². The first-order chi connectivity index (χ1) is 10.5. The van der Waals surface area contributed by atoms with Gasteiger partial charge in [-0.2, -0.15) is 10.5 Å². The highest BCUT2D eigenvalue weighted by atomic mass is 19.1. The van der Waals surface area contributed by atoms with Gasteiger partial charge in [0.05, 0.1) is 6.61 Å². The lowest BCUT2D eigenvalue weighted by Gasteiger charge is -2.10. The molecule has 0 aliphatic carbocycles. The van der Waals surface area contributed by atoms with Gasteiger partial charge in [-0.3, -0.25) is 4.79 Å². The van der Waals surface area contributed by atoms with Crippen LogP contribution in [-0.4, -0.2) is 11.6 Å². The molecule has 0 atom stereocenters. The van der Waals surface area contributed by atoms with Crippen molar-refractivity contribution in [3.05, 3.63) is 45.5 Å². The Morgan fingerprint density at radius 2 is 2.00 bits per heavy atom. The van der Waals surface area contributed by atoms with E-state index in [-0.39, 0.29) is 33.8 Å². The number of hydrogen-bond donors (Lipinski definition) is 2. The molecule has 1 heterocycles. The third kappa shape index (κ3) is 2.48. The van der Waals surface area contributed by atoms with Crippen LogP contribution >= 0.6 is 0 Å². The number of ether oxygens (including phenoxy) is 1. The maximum absolute atomic E-state index is 14.0. The van der Waals surface area contributed by atoms with Gasteiger partial charge in [0.25, 0.3) is 5.56 Å². The zero-order valence-electron chi connectivity index (χ0n) is 11.6. The zero-order chi connectivity index (χ0) is 16.3. The van der Waals surface area contributed by atoms with Crippen molar-refractivity contribution < 1.29 is 9.13 Å². The minimum absolute atomic E-state index is 0.00759.